The predicted molar refractivity (Wildman–Crippen MR) is 105 cm³/mol. The molecule has 0 saturated heterocycles. The number of aromatic amines is 1. The number of nitrogens with one attached hydrogen (secondary N) is 2. The topological polar surface area (TPSA) is 71.2 Å². The van der Waals surface area contributed by atoms with Gasteiger partial charge < -0.3 is 9.72 Å². The quantitative estimate of drug-likeness (QED) is 0.666. The molecule has 0 spiro atoms. The van der Waals surface area contributed by atoms with Crippen LogP contribution in [0, 0.1) is 13.8 Å². The molecule has 0 saturated carbocycles. The van der Waals surface area contributed by atoms with Gasteiger partial charge in [-0.05, 0) is 61.7 Å². The molecule has 0 aliphatic carbocycles. The van der Waals surface area contributed by atoms with E-state index in [0.29, 0.717) is 17.2 Å². The molecule has 7 heteroatoms. The highest BCUT2D eigenvalue weighted by atomic mass is 35.5. The molecule has 0 radical (unpaired) electrons. The van der Waals surface area contributed by atoms with Crippen LogP contribution in [0.4, 0.5) is 0 Å². The smallest absolute Gasteiger partial charge is 0.244 e. The van der Waals surface area contributed by atoms with Crippen LogP contribution in [0.2, 0.25) is 5.02 Å². The number of H-pyrrole nitrogens is 1. The summed E-state index contributed by atoms with van der Waals surface area (Å²) in [7, 11) is -2.20. The zero-order valence-corrected chi connectivity index (χ0v) is 16.5. The number of methoxy groups -OCH3 is 1. The summed E-state index contributed by atoms with van der Waals surface area (Å²) in [5.41, 5.74) is 3.91. The molecule has 2 N–H and O–H groups in total. The van der Waals surface area contributed by atoms with Crippen LogP contribution in [0.25, 0.3) is 10.9 Å². The van der Waals surface area contributed by atoms with Crippen molar-refractivity contribution in [3.05, 3.63) is 58.2 Å². The van der Waals surface area contributed by atoms with Crippen LogP contribution in [-0.2, 0) is 16.4 Å². The SMILES string of the molecule is COc1ccc(C)cc1S(=O)(=O)NCCc1c(C)[nH]c2ccc(Cl)cc12. The van der Waals surface area contributed by atoms with E-state index in [-0.39, 0.29) is 11.4 Å². The Balaban J connectivity index is 1.81. The fourth-order valence-corrected chi connectivity index (χ4v) is 4.51. The van der Waals surface area contributed by atoms with Crippen LogP contribution in [0.15, 0.2) is 41.3 Å². The fraction of sp³-hybridized carbons (Fsp3) is 0.263. The van der Waals surface area contributed by atoms with E-state index in [1.54, 1.807) is 12.1 Å². The third-order valence-corrected chi connectivity index (χ3v) is 6.07. The highest BCUT2D eigenvalue weighted by molar-refractivity contribution is 7.89. The highest BCUT2D eigenvalue weighted by Gasteiger charge is 2.19. The maximum absolute atomic E-state index is 12.7. The van der Waals surface area contributed by atoms with Crippen molar-refractivity contribution in [2.75, 3.05) is 13.7 Å². The van der Waals surface area contributed by atoms with Crippen molar-refractivity contribution in [2.45, 2.75) is 25.2 Å². The number of hydrogen-bond acceptors (Lipinski definition) is 3. The Labute approximate surface area is 158 Å². The van der Waals surface area contributed by atoms with Crippen LogP contribution < -0.4 is 9.46 Å². The standard InChI is InChI=1S/C19H21ClN2O3S/c1-12-4-7-18(25-3)19(10-12)26(23,24)21-9-8-15-13(2)22-17-6-5-14(20)11-16(15)17/h4-7,10-11,21-22H,8-9H2,1-3H3. The minimum Gasteiger partial charge on any atom is -0.495 e. The molecule has 0 bridgehead atoms. The lowest BCUT2D eigenvalue weighted by atomic mass is 10.1. The third-order valence-electron chi connectivity index (χ3n) is 4.36. The number of rotatable bonds is 6. The molecule has 0 amide bonds. The van der Waals surface area contributed by atoms with Gasteiger partial charge in [-0.1, -0.05) is 17.7 Å². The van der Waals surface area contributed by atoms with Crippen molar-refractivity contribution in [3.63, 3.8) is 0 Å². The van der Waals surface area contributed by atoms with Crippen molar-refractivity contribution in [1.29, 1.82) is 0 Å². The Morgan fingerprint density at radius 2 is 1.92 bits per heavy atom. The Bertz CT molecular complexity index is 1060. The first kappa shape index (κ1) is 18.8. The fourth-order valence-electron chi connectivity index (χ4n) is 3.06. The Morgan fingerprint density at radius 1 is 1.15 bits per heavy atom. The molecule has 0 atom stereocenters. The molecular formula is C19H21ClN2O3S. The largest absolute Gasteiger partial charge is 0.495 e. The zero-order valence-electron chi connectivity index (χ0n) is 14.9. The first-order valence-corrected chi connectivity index (χ1v) is 10.1. The van der Waals surface area contributed by atoms with Gasteiger partial charge in [0, 0.05) is 28.2 Å². The molecular weight excluding hydrogens is 372 g/mol. The number of benzene rings is 2. The number of aryl methyl sites for hydroxylation is 2. The third kappa shape index (κ3) is 3.72. The number of aromatic nitrogens is 1. The normalized spacial score (nSPS) is 11.8. The van der Waals surface area contributed by atoms with E-state index in [2.05, 4.69) is 9.71 Å². The summed E-state index contributed by atoms with van der Waals surface area (Å²) in [5.74, 6) is 0.332. The van der Waals surface area contributed by atoms with Crippen LogP contribution in [0.1, 0.15) is 16.8 Å². The zero-order chi connectivity index (χ0) is 18.9. The molecule has 1 heterocycles. The Hall–Kier alpha value is -2.02. The molecule has 3 aromatic rings. The Kier molecular flexibility index (Phi) is 5.27. The molecule has 2 aromatic carbocycles. The summed E-state index contributed by atoms with van der Waals surface area (Å²) in [4.78, 5) is 3.46. The van der Waals surface area contributed by atoms with Gasteiger partial charge in [0.15, 0.2) is 0 Å². The van der Waals surface area contributed by atoms with E-state index in [9.17, 15) is 8.42 Å². The average molecular weight is 393 g/mol. The van der Waals surface area contributed by atoms with E-state index in [1.165, 1.54) is 7.11 Å². The summed E-state index contributed by atoms with van der Waals surface area (Å²) in [5, 5.41) is 1.67. The molecule has 0 unspecified atom stereocenters. The summed E-state index contributed by atoms with van der Waals surface area (Å²) < 4.78 is 33.2. The second-order valence-corrected chi connectivity index (χ2v) is 8.39. The van der Waals surface area contributed by atoms with Crippen molar-refractivity contribution >= 4 is 32.5 Å². The van der Waals surface area contributed by atoms with Crippen LogP contribution in [0.3, 0.4) is 0 Å². The van der Waals surface area contributed by atoms with Crippen molar-refractivity contribution < 1.29 is 13.2 Å². The summed E-state index contributed by atoms with van der Waals surface area (Å²) in [6.07, 6.45) is 0.555. The second-order valence-electron chi connectivity index (χ2n) is 6.22. The van der Waals surface area contributed by atoms with Gasteiger partial charge in [0.25, 0.3) is 0 Å². The number of hydrogen-bond donors (Lipinski definition) is 2. The van der Waals surface area contributed by atoms with E-state index in [4.69, 9.17) is 16.3 Å². The van der Waals surface area contributed by atoms with Gasteiger partial charge in [0.1, 0.15) is 10.6 Å². The van der Waals surface area contributed by atoms with Crippen molar-refractivity contribution in [3.8, 4) is 5.75 Å². The summed E-state index contributed by atoms with van der Waals surface area (Å²) in [6.45, 7) is 4.10. The van der Waals surface area contributed by atoms with Gasteiger partial charge >= 0.3 is 0 Å². The molecule has 1 aromatic heterocycles. The van der Waals surface area contributed by atoms with E-state index >= 15 is 0 Å². The first-order chi connectivity index (χ1) is 12.3. The van der Waals surface area contributed by atoms with Crippen LogP contribution >= 0.6 is 11.6 Å². The average Bonchev–Trinajstić information content (AvgIpc) is 2.90. The monoisotopic (exact) mass is 392 g/mol. The van der Waals surface area contributed by atoms with Crippen molar-refractivity contribution in [1.82, 2.24) is 9.71 Å². The number of ether oxygens (including phenoxy) is 1. The molecule has 3 rings (SSSR count). The van der Waals surface area contributed by atoms with Crippen molar-refractivity contribution in [2.24, 2.45) is 0 Å². The van der Waals surface area contributed by atoms with Crippen LogP contribution in [0.5, 0.6) is 5.75 Å². The first-order valence-electron chi connectivity index (χ1n) is 8.23. The van der Waals surface area contributed by atoms with Gasteiger partial charge in [0.2, 0.25) is 10.0 Å². The molecule has 0 fully saturated rings. The lowest BCUT2D eigenvalue weighted by molar-refractivity contribution is 0.402. The molecule has 138 valence electrons. The van der Waals surface area contributed by atoms with E-state index in [1.807, 2.05) is 38.1 Å². The lowest BCUT2D eigenvalue weighted by Crippen LogP contribution is -2.26. The minimum atomic E-state index is -3.66. The van der Waals surface area contributed by atoms with Gasteiger partial charge in [-0.2, -0.15) is 0 Å². The highest BCUT2D eigenvalue weighted by Crippen LogP contribution is 2.27. The molecule has 0 aliphatic rings. The molecule has 26 heavy (non-hydrogen) atoms. The van der Waals surface area contributed by atoms with E-state index < -0.39 is 10.0 Å². The Morgan fingerprint density at radius 3 is 2.65 bits per heavy atom. The number of sulfonamides is 1. The van der Waals surface area contributed by atoms with Gasteiger partial charge in [-0.15, -0.1) is 0 Å². The van der Waals surface area contributed by atoms with Gasteiger partial charge in [-0.25, -0.2) is 13.1 Å². The predicted octanol–water partition coefficient (Wildman–Crippen LogP) is 3.97. The summed E-state index contributed by atoms with van der Waals surface area (Å²) in [6, 6.07) is 10.7. The number of fused-ring (bicyclic) bond motifs is 1. The maximum atomic E-state index is 12.7. The van der Waals surface area contributed by atoms with Crippen LogP contribution in [-0.4, -0.2) is 27.1 Å². The molecule has 0 aliphatic heterocycles. The lowest BCUT2D eigenvalue weighted by Gasteiger charge is -2.11. The summed E-state index contributed by atoms with van der Waals surface area (Å²) >= 11 is 6.10. The second kappa shape index (κ2) is 7.31. The number of halogens is 1. The minimum absolute atomic E-state index is 0.152. The van der Waals surface area contributed by atoms with E-state index in [0.717, 1.165) is 27.7 Å². The van der Waals surface area contributed by atoms with Gasteiger partial charge in [-0.3, -0.25) is 0 Å². The maximum Gasteiger partial charge on any atom is 0.244 e. The van der Waals surface area contributed by atoms with Gasteiger partial charge in [0.05, 0.1) is 7.11 Å². The molecule has 5 nitrogen and oxygen atoms in total.